The predicted octanol–water partition coefficient (Wildman–Crippen LogP) is 2.61. The maximum absolute atomic E-state index is 10.8. The van der Waals surface area contributed by atoms with Crippen molar-refractivity contribution in [1.82, 2.24) is 0 Å². The van der Waals surface area contributed by atoms with Gasteiger partial charge in [-0.2, -0.15) is 0 Å². The van der Waals surface area contributed by atoms with Crippen LogP contribution in [0.2, 0.25) is 0 Å². The summed E-state index contributed by atoms with van der Waals surface area (Å²) in [5, 5.41) is 21.4. The lowest BCUT2D eigenvalue weighted by Crippen LogP contribution is -2.48. The molecule has 0 bridgehead atoms. The van der Waals surface area contributed by atoms with Gasteiger partial charge in [-0.05, 0) is 25.0 Å². The average molecular weight is 463 g/mol. The maximum Gasteiger partial charge on any atom is 0.163 e. The Kier molecular flexibility index (Phi) is 10.2. The van der Waals surface area contributed by atoms with E-state index in [1.807, 2.05) is 60.7 Å². The van der Waals surface area contributed by atoms with Crippen molar-refractivity contribution in [2.75, 3.05) is 26.8 Å². The van der Waals surface area contributed by atoms with Gasteiger partial charge >= 0.3 is 0 Å². The van der Waals surface area contributed by atoms with Gasteiger partial charge in [-0.1, -0.05) is 60.7 Å². The Bertz CT molecular complexity index is 786. The molecule has 0 amide bonds. The zero-order chi connectivity index (χ0) is 23.5. The molecule has 1 fully saturated rings. The highest BCUT2D eigenvalue weighted by Crippen LogP contribution is 2.26. The molecule has 8 nitrogen and oxygen atoms in total. The van der Waals surface area contributed by atoms with Crippen LogP contribution in [-0.4, -0.2) is 67.2 Å². The van der Waals surface area contributed by atoms with Crippen LogP contribution >= 0.6 is 0 Å². The van der Waals surface area contributed by atoms with Gasteiger partial charge in [-0.25, -0.2) is 0 Å². The van der Waals surface area contributed by atoms with Crippen LogP contribution in [0.3, 0.4) is 0 Å². The summed E-state index contributed by atoms with van der Waals surface area (Å²) in [6, 6.07) is 19.4. The standard InChI is InChI=1S/C25H34O8/c1-25(2)32-16-22(33-25)24(27)23(26)21(31-18-29-14-20-11-7-4-8-12-20)15-30-17-28-13-19-9-5-3-6-10-19/h3-12,21-24,26-27H,13-18H2,1-2H3/t21-,22-,23-,24-/m1/s1. The first-order valence-corrected chi connectivity index (χ1v) is 11.1. The van der Waals surface area contributed by atoms with Crippen molar-refractivity contribution in [3.05, 3.63) is 71.8 Å². The van der Waals surface area contributed by atoms with E-state index in [1.165, 1.54) is 0 Å². The fourth-order valence-electron chi connectivity index (χ4n) is 3.40. The largest absolute Gasteiger partial charge is 0.387 e. The molecule has 33 heavy (non-hydrogen) atoms. The number of hydrogen-bond acceptors (Lipinski definition) is 8. The van der Waals surface area contributed by atoms with E-state index in [0.717, 1.165) is 11.1 Å². The lowest BCUT2D eigenvalue weighted by Gasteiger charge is -2.29. The molecule has 3 rings (SSSR count). The molecular formula is C25H34O8. The molecule has 1 aliphatic heterocycles. The van der Waals surface area contributed by atoms with E-state index < -0.39 is 30.2 Å². The first kappa shape index (κ1) is 25.7. The highest BCUT2D eigenvalue weighted by atomic mass is 16.7. The molecule has 0 spiro atoms. The Morgan fingerprint density at radius 1 is 0.879 bits per heavy atom. The molecule has 1 heterocycles. The van der Waals surface area contributed by atoms with Crippen LogP contribution in [0.1, 0.15) is 25.0 Å². The summed E-state index contributed by atoms with van der Waals surface area (Å²) in [5.41, 5.74) is 2.03. The molecule has 4 atom stereocenters. The molecule has 1 saturated heterocycles. The molecule has 8 heteroatoms. The molecule has 0 aliphatic carbocycles. The summed E-state index contributed by atoms with van der Waals surface area (Å²) in [6.07, 6.45) is -4.04. The second kappa shape index (κ2) is 13.1. The van der Waals surface area contributed by atoms with Gasteiger partial charge in [0.05, 0.1) is 26.4 Å². The van der Waals surface area contributed by atoms with Crippen LogP contribution in [0.5, 0.6) is 0 Å². The Hall–Kier alpha value is -1.88. The van der Waals surface area contributed by atoms with Crippen molar-refractivity contribution in [2.24, 2.45) is 0 Å². The Labute approximate surface area is 194 Å². The van der Waals surface area contributed by atoms with E-state index in [1.54, 1.807) is 13.8 Å². The number of aliphatic hydroxyl groups is 2. The summed E-state index contributed by atoms with van der Waals surface area (Å²) in [5.74, 6) is -0.817. The summed E-state index contributed by atoms with van der Waals surface area (Å²) in [7, 11) is 0. The van der Waals surface area contributed by atoms with Gasteiger partial charge in [-0.15, -0.1) is 0 Å². The van der Waals surface area contributed by atoms with E-state index in [0.29, 0.717) is 13.2 Å². The van der Waals surface area contributed by atoms with Crippen LogP contribution in [0.15, 0.2) is 60.7 Å². The number of aliphatic hydroxyl groups excluding tert-OH is 2. The van der Waals surface area contributed by atoms with Crippen molar-refractivity contribution in [2.45, 2.75) is 57.3 Å². The molecule has 2 aromatic rings. The molecule has 2 aromatic carbocycles. The minimum atomic E-state index is -1.28. The lowest BCUT2D eigenvalue weighted by atomic mass is 10.0. The Balaban J connectivity index is 1.47. The third-order valence-corrected chi connectivity index (χ3v) is 5.18. The molecule has 0 radical (unpaired) electrons. The third kappa shape index (κ3) is 8.77. The van der Waals surface area contributed by atoms with Crippen LogP contribution in [0, 0.1) is 0 Å². The van der Waals surface area contributed by atoms with Gasteiger partial charge in [0.25, 0.3) is 0 Å². The smallest absolute Gasteiger partial charge is 0.163 e. The van der Waals surface area contributed by atoms with Crippen molar-refractivity contribution in [3.8, 4) is 0 Å². The van der Waals surface area contributed by atoms with E-state index >= 15 is 0 Å². The Morgan fingerprint density at radius 3 is 2.00 bits per heavy atom. The molecular weight excluding hydrogens is 428 g/mol. The van der Waals surface area contributed by atoms with Crippen LogP contribution in [-0.2, 0) is 41.6 Å². The summed E-state index contributed by atoms with van der Waals surface area (Å²) >= 11 is 0. The highest BCUT2D eigenvalue weighted by molar-refractivity contribution is 5.14. The van der Waals surface area contributed by atoms with Crippen molar-refractivity contribution in [3.63, 3.8) is 0 Å². The molecule has 0 unspecified atom stereocenters. The molecule has 0 saturated carbocycles. The quantitative estimate of drug-likeness (QED) is 0.327. The SMILES string of the molecule is CC1(C)OC[C@H]([C@@H](O)[C@H](O)[C@@H](COCOCc2ccccc2)OCOCc2ccccc2)O1. The predicted molar refractivity (Wildman–Crippen MR) is 120 cm³/mol. The lowest BCUT2D eigenvalue weighted by molar-refractivity contribution is -0.200. The van der Waals surface area contributed by atoms with Crippen molar-refractivity contribution >= 4 is 0 Å². The number of rotatable bonds is 14. The first-order valence-electron chi connectivity index (χ1n) is 11.1. The normalized spacial score (nSPS) is 20.4. The van der Waals surface area contributed by atoms with Gasteiger partial charge in [0.1, 0.15) is 38.0 Å². The van der Waals surface area contributed by atoms with E-state index in [2.05, 4.69) is 0 Å². The third-order valence-electron chi connectivity index (χ3n) is 5.18. The van der Waals surface area contributed by atoms with E-state index in [4.69, 9.17) is 28.4 Å². The first-order chi connectivity index (χ1) is 15.9. The number of ether oxygens (including phenoxy) is 6. The zero-order valence-corrected chi connectivity index (χ0v) is 19.2. The fourth-order valence-corrected chi connectivity index (χ4v) is 3.40. The van der Waals surface area contributed by atoms with Crippen LogP contribution in [0.25, 0.3) is 0 Å². The highest BCUT2D eigenvalue weighted by Gasteiger charge is 2.41. The molecule has 2 N–H and O–H groups in total. The second-order valence-electron chi connectivity index (χ2n) is 8.33. The van der Waals surface area contributed by atoms with Crippen molar-refractivity contribution in [1.29, 1.82) is 0 Å². The minimum absolute atomic E-state index is 0.00131. The Morgan fingerprint density at radius 2 is 1.45 bits per heavy atom. The molecule has 182 valence electrons. The van der Waals surface area contributed by atoms with Gasteiger partial charge in [0.2, 0.25) is 0 Å². The topological polar surface area (TPSA) is 95.8 Å². The van der Waals surface area contributed by atoms with Crippen molar-refractivity contribution < 1.29 is 38.6 Å². The van der Waals surface area contributed by atoms with Crippen LogP contribution in [0.4, 0.5) is 0 Å². The van der Waals surface area contributed by atoms with Crippen LogP contribution < -0.4 is 0 Å². The summed E-state index contributed by atoms with van der Waals surface area (Å²) in [4.78, 5) is 0. The van der Waals surface area contributed by atoms with Gasteiger partial charge in [-0.3, -0.25) is 0 Å². The van der Waals surface area contributed by atoms with Gasteiger partial charge in [0.15, 0.2) is 5.79 Å². The van der Waals surface area contributed by atoms with Gasteiger partial charge < -0.3 is 38.6 Å². The zero-order valence-electron chi connectivity index (χ0n) is 19.2. The van der Waals surface area contributed by atoms with E-state index in [9.17, 15) is 10.2 Å². The van der Waals surface area contributed by atoms with Gasteiger partial charge in [0, 0.05) is 0 Å². The minimum Gasteiger partial charge on any atom is -0.387 e. The monoisotopic (exact) mass is 462 g/mol. The maximum atomic E-state index is 10.8. The fraction of sp³-hybridized carbons (Fsp3) is 0.520. The molecule has 1 aliphatic rings. The second-order valence-corrected chi connectivity index (χ2v) is 8.33. The molecule has 0 aromatic heterocycles. The number of hydrogen-bond donors (Lipinski definition) is 2. The average Bonchev–Trinajstić information content (AvgIpc) is 3.20. The number of benzene rings is 2. The summed E-state index contributed by atoms with van der Waals surface area (Å²) in [6.45, 7) is 4.38. The van der Waals surface area contributed by atoms with E-state index in [-0.39, 0.29) is 26.8 Å². The summed E-state index contributed by atoms with van der Waals surface area (Å²) < 4.78 is 33.5.